The molecule has 0 saturated heterocycles. The van der Waals surface area contributed by atoms with Crippen molar-refractivity contribution < 1.29 is 0 Å². The van der Waals surface area contributed by atoms with E-state index in [1.54, 1.807) is 11.3 Å². The van der Waals surface area contributed by atoms with Crippen molar-refractivity contribution in [3.8, 4) is 11.3 Å². The first kappa shape index (κ1) is 12.4. The van der Waals surface area contributed by atoms with E-state index in [4.69, 9.17) is 10.7 Å². The summed E-state index contributed by atoms with van der Waals surface area (Å²) < 4.78 is 2.15. The molecule has 3 rings (SSSR count). The van der Waals surface area contributed by atoms with Gasteiger partial charge in [0, 0.05) is 23.6 Å². The van der Waals surface area contributed by atoms with Gasteiger partial charge in [0.25, 0.3) is 0 Å². The average Bonchev–Trinajstić information content (AvgIpc) is 2.96. The van der Waals surface area contributed by atoms with Gasteiger partial charge >= 0.3 is 0 Å². The van der Waals surface area contributed by atoms with Crippen LogP contribution in [0.25, 0.3) is 16.2 Å². The molecule has 0 saturated carbocycles. The Balaban J connectivity index is 2.19. The number of fused-ring (bicyclic) bond motifs is 1. The second kappa shape index (κ2) is 4.79. The highest BCUT2D eigenvalue weighted by atomic mass is 32.1. The highest BCUT2D eigenvalue weighted by Crippen LogP contribution is 2.28. The molecule has 0 aliphatic carbocycles. The lowest BCUT2D eigenvalue weighted by Gasteiger charge is -2.06. The van der Waals surface area contributed by atoms with Gasteiger partial charge in [0.2, 0.25) is 0 Å². The van der Waals surface area contributed by atoms with Crippen LogP contribution in [0.5, 0.6) is 0 Å². The van der Waals surface area contributed by atoms with Crippen LogP contribution in [-0.4, -0.2) is 15.9 Å². The van der Waals surface area contributed by atoms with E-state index in [0.717, 1.165) is 17.1 Å². The first-order chi connectivity index (χ1) is 9.20. The van der Waals surface area contributed by atoms with Gasteiger partial charge in [-0.15, -0.1) is 11.3 Å². The Hall–Kier alpha value is -1.65. The van der Waals surface area contributed by atoms with Crippen LogP contribution >= 0.6 is 11.3 Å². The van der Waals surface area contributed by atoms with Gasteiger partial charge in [-0.3, -0.25) is 4.40 Å². The fourth-order valence-electron chi connectivity index (χ4n) is 2.33. The summed E-state index contributed by atoms with van der Waals surface area (Å²) in [6, 6.07) is 6.51. The quantitative estimate of drug-likeness (QED) is 0.795. The lowest BCUT2D eigenvalue weighted by molar-refractivity contribution is 0.911. The van der Waals surface area contributed by atoms with Gasteiger partial charge in [0.05, 0.1) is 11.4 Å². The van der Waals surface area contributed by atoms with Crippen molar-refractivity contribution in [2.24, 2.45) is 5.73 Å². The largest absolute Gasteiger partial charge is 0.330 e. The zero-order chi connectivity index (χ0) is 13.4. The molecule has 98 valence electrons. The van der Waals surface area contributed by atoms with E-state index in [-0.39, 0.29) is 0 Å². The zero-order valence-electron chi connectivity index (χ0n) is 11.2. The number of benzene rings is 1. The third kappa shape index (κ3) is 2.07. The Kier molecular flexibility index (Phi) is 3.12. The van der Waals surface area contributed by atoms with Gasteiger partial charge in [-0.1, -0.05) is 12.1 Å². The molecule has 1 aromatic carbocycles. The fourth-order valence-corrected chi connectivity index (χ4v) is 3.06. The van der Waals surface area contributed by atoms with Gasteiger partial charge < -0.3 is 5.73 Å². The number of imidazole rings is 1. The Bertz CT molecular complexity index is 724. The van der Waals surface area contributed by atoms with E-state index in [1.807, 2.05) is 0 Å². The monoisotopic (exact) mass is 271 g/mol. The minimum absolute atomic E-state index is 0.640. The first-order valence-corrected chi connectivity index (χ1v) is 7.31. The molecule has 0 unspecified atom stereocenters. The minimum Gasteiger partial charge on any atom is -0.330 e. The van der Waals surface area contributed by atoms with E-state index in [9.17, 15) is 0 Å². The van der Waals surface area contributed by atoms with Crippen molar-refractivity contribution in [3.05, 3.63) is 46.6 Å². The number of aryl methyl sites for hydroxylation is 2. The molecule has 0 atom stereocenters. The first-order valence-electron chi connectivity index (χ1n) is 6.43. The molecule has 4 heteroatoms. The molecule has 0 aliphatic rings. The van der Waals surface area contributed by atoms with Crippen LogP contribution in [0.4, 0.5) is 0 Å². The topological polar surface area (TPSA) is 43.3 Å². The molecule has 2 heterocycles. The Morgan fingerprint density at radius 2 is 2.11 bits per heavy atom. The Morgan fingerprint density at radius 3 is 2.84 bits per heavy atom. The molecule has 3 nitrogen and oxygen atoms in total. The number of hydrogen-bond acceptors (Lipinski definition) is 3. The summed E-state index contributed by atoms with van der Waals surface area (Å²) in [5.74, 6) is 0. The van der Waals surface area contributed by atoms with Crippen LogP contribution in [0.1, 0.15) is 16.8 Å². The number of rotatable bonds is 3. The molecule has 19 heavy (non-hydrogen) atoms. The number of aromatic nitrogens is 2. The normalized spacial score (nSPS) is 11.3. The Morgan fingerprint density at radius 1 is 1.26 bits per heavy atom. The van der Waals surface area contributed by atoms with E-state index >= 15 is 0 Å². The molecule has 0 radical (unpaired) electrons. The second-order valence-electron chi connectivity index (χ2n) is 4.80. The van der Waals surface area contributed by atoms with Crippen molar-refractivity contribution in [2.75, 3.05) is 6.54 Å². The summed E-state index contributed by atoms with van der Waals surface area (Å²) in [6.45, 7) is 4.91. The van der Waals surface area contributed by atoms with E-state index in [2.05, 4.69) is 48.0 Å². The predicted molar refractivity (Wildman–Crippen MR) is 80.7 cm³/mol. The third-order valence-electron chi connectivity index (χ3n) is 3.52. The summed E-state index contributed by atoms with van der Waals surface area (Å²) in [6.07, 6.45) is 2.92. The standard InChI is InChI=1S/C15H17N3S/c1-10-3-4-12(9-11(10)2)14-13(5-6-16)18-7-8-19-15(18)17-14/h3-4,7-9H,5-6,16H2,1-2H3. The molecule has 2 aromatic heterocycles. The highest BCUT2D eigenvalue weighted by Gasteiger charge is 2.14. The predicted octanol–water partition coefficient (Wildman–Crippen LogP) is 3.18. The van der Waals surface area contributed by atoms with Gasteiger partial charge in [-0.2, -0.15) is 0 Å². The fraction of sp³-hybridized carbons (Fsp3) is 0.267. The molecule has 0 amide bonds. The molecule has 0 spiro atoms. The summed E-state index contributed by atoms with van der Waals surface area (Å²) >= 11 is 1.66. The van der Waals surface area contributed by atoms with Crippen molar-refractivity contribution in [2.45, 2.75) is 20.3 Å². The lowest BCUT2D eigenvalue weighted by atomic mass is 10.0. The summed E-state index contributed by atoms with van der Waals surface area (Å²) in [4.78, 5) is 5.80. The van der Waals surface area contributed by atoms with Gasteiger partial charge in [0.15, 0.2) is 4.96 Å². The lowest BCUT2D eigenvalue weighted by Crippen LogP contribution is -2.05. The summed E-state index contributed by atoms with van der Waals surface area (Å²) in [7, 11) is 0. The summed E-state index contributed by atoms with van der Waals surface area (Å²) in [5.41, 5.74) is 11.8. The SMILES string of the molecule is Cc1ccc(-c2nc3sccn3c2CCN)cc1C. The van der Waals surface area contributed by atoms with E-state index in [0.29, 0.717) is 6.54 Å². The summed E-state index contributed by atoms with van der Waals surface area (Å²) in [5, 5.41) is 2.06. The van der Waals surface area contributed by atoms with Crippen molar-refractivity contribution in [3.63, 3.8) is 0 Å². The van der Waals surface area contributed by atoms with Crippen molar-refractivity contribution in [1.29, 1.82) is 0 Å². The number of hydrogen-bond donors (Lipinski definition) is 1. The molecular formula is C15H17N3S. The maximum absolute atomic E-state index is 5.74. The molecule has 0 bridgehead atoms. The van der Waals surface area contributed by atoms with Crippen molar-refractivity contribution >= 4 is 16.3 Å². The van der Waals surface area contributed by atoms with Crippen LogP contribution in [-0.2, 0) is 6.42 Å². The molecular weight excluding hydrogens is 254 g/mol. The highest BCUT2D eigenvalue weighted by molar-refractivity contribution is 7.15. The molecule has 2 N–H and O–H groups in total. The number of nitrogens with two attached hydrogens (primary N) is 1. The smallest absolute Gasteiger partial charge is 0.194 e. The second-order valence-corrected chi connectivity index (χ2v) is 5.67. The third-order valence-corrected chi connectivity index (χ3v) is 4.28. The van der Waals surface area contributed by atoms with Crippen molar-refractivity contribution in [1.82, 2.24) is 9.38 Å². The van der Waals surface area contributed by atoms with Gasteiger partial charge in [0.1, 0.15) is 0 Å². The maximum atomic E-state index is 5.74. The van der Waals surface area contributed by atoms with Crippen LogP contribution in [0, 0.1) is 13.8 Å². The Labute approximate surface area is 116 Å². The van der Waals surface area contributed by atoms with Gasteiger partial charge in [-0.25, -0.2) is 4.98 Å². The average molecular weight is 271 g/mol. The van der Waals surface area contributed by atoms with Crippen LogP contribution in [0.15, 0.2) is 29.8 Å². The molecule has 0 aliphatic heterocycles. The van der Waals surface area contributed by atoms with Crippen LogP contribution in [0.2, 0.25) is 0 Å². The zero-order valence-corrected chi connectivity index (χ0v) is 12.0. The van der Waals surface area contributed by atoms with Gasteiger partial charge in [-0.05, 0) is 37.6 Å². The number of nitrogens with zero attached hydrogens (tertiary/aromatic N) is 2. The van der Waals surface area contributed by atoms with E-state index in [1.165, 1.54) is 22.4 Å². The van der Waals surface area contributed by atoms with Crippen LogP contribution in [0.3, 0.4) is 0 Å². The van der Waals surface area contributed by atoms with Crippen LogP contribution < -0.4 is 5.73 Å². The molecule has 0 fully saturated rings. The maximum Gasteiger partial charge on any atom is 0.194 e. The molecule has 3 aromatic rings. The number of thiazole rings is 1. The van der Waals surface area contributed by atoms with E-state index < -0.39 is 0 Å². The minimum atomic E-state index is 0.640.